The minimum atomic E-state index is -0.205. The van der Waals surface area contributed by atoms with E-state index in [1.54, 1.807) is 0 Å². The molecule has 0 spiro atoms. The number of benzene rings is 1. The Hall–Kier alpha value is -0.770. The van der Waals surface area contributed by atoms with E-state index in [-0.39, 0.29) is 18.4 Å². The number of hydrogen-bond acceptors (Lipinski definition) is 3. The van der Waals surface area contributed by atoms with Crippen molar-refractivity contribution >= 4 is 29.2 Å². The summed E-state index contributed by atoms with van der Waals surface area (Å²) in [6.07, 6.45) is 3.80. The van der Waals surface area contributed by atoms with Gasteiger partial charge < -0.3 is 4.74 Å². The number of nitrogens with zero attached hydrogens (tertiary/aromatic N) is 1. The minimum Gasteiger partial charge on any atom is -0.466 e. The van der Waals surface area contributed by atoms with Gasteiger partial charge in [0.2, 0.25) is 0 Å². The maximum Gasteiger partial charge on any atom is 0.307 e. The molecule has 1 heterocycles. The first-order chi connectivity index (χ1) is 10.1. The maximum atomic E-state index is 12.0. The number of rotatable bonds is 5. The predicted molar refractivity (Wildman–Crippen MR) is 85.9 cm³/mol. The molecule has 0 saturated carbocycles. The van der Waals surface area contributed by atoms with Crippen molar-refractivity contribution < 1.29 is 9.53 Å². The van der Waals surface area contributed by atoms with Crippen LogP contribution in [0.25, 0.3) is 0 Å². The Kier molecular flexibility index (Phi) is 6.34. The van der Waals surface area contributed by atoms with Crippen molar-refractivity contribution in [1.29, 1.82) is 0 Å². The van der Waals surface area contributed by atoms with Crippen LogP contribution in [-0.4, -0.2) is 30.6 Å². The summed E-state index contributed by atoms with van der Waals surface area (Å²) in [4.78, 5) is 14.3. The Morgan fingerprint density at radius 2 is 1.86 bits per heavy atom. The zero-order chi connectivity index (χ0) is 15.2. The largest absolute Gasteiger partial charge is 0.466 e. The number of likely N-dealkylation sites (tertiary alicyclic amines) is 1. The molecule has 1 saturated heterocycles. The van der Waals surface area contributed by atoms with Crippen molar-refractivity contribution in [2.24, 2.45) is 0 Å². The second kappa shape index (κ2) is 8.02. The predicted octanol–water partition coefficient (Wildman–Crippen LogP) is 4.47. The average Bonchev–Trinajstić information content (AvgIpc) is 2.47. The molecule has 1 unspecified atom stereocenters. The van der Waals surface area contributed by atoms with E-state index in [1.165, 1.54) is 6.42 Å². The lowest BCUT2D eigenvalue weighted by Crippen LogP contribution is -2.35. The SMILES string of the molecule is CCOC(=O)CC(c1c(Cl)cccc1Cl)N1CCCCC1. The molecule has 0 amide bonds. The van der Waals surface area contributed by atoms with Gasteiger partial charge in [0.05, 0.1) is 13.0 Å². The Morgan fingerprint density at radius 3 is 2.43 bits per heavy atom. The van der Waals surface area contributed by atoms with Crippen molar-refractivity contribution in [1.82, 2.24) is 4.90 Å². The Bertz CT molecular complexity index is 467. The molecule has 1 aromatic rings. The van der Waals surface area contributed by atoms with Gasteiger partial charge in [0.25, 0.3) is 0 Å². The van der Waals surface area contributed by atoms with Crippen LogP contribution in [0, 0.1) is 0 Å². The number of carbonyl (C=O) groups is 1. The molecule has 0 bridgehead atoms. The summed E-state index contributed by atoms with van der Waals surface area (Å²) >= 11 is 12.7. The number of esters is 1. The first-order valence-electron chi connectivity index (χ1n) is 7.47. The fraction of sp³-hybridized carbons (Fsp3) is 0.562. The number of carbonyl (C=O) groups excluding carboxylic acids is 1. The topological polar surface area (TPSA) is 29.5 Å². The fourth-order valence-corrected chi connectivity index (χ4v) is 3.50. The van der Waals surface area contributed by atoms with Crippen LogP contribution in [0.2, 0.25) is 10.0 Å². The molecule has 2 rings (SSSR count). The monoisotopic (exact) mass is 329 g/mol. The zero-order valence-electron chi connectivity index (χ0n) is 12.3. The molecule has 3 nitrogen and oxygen atoms in total. The van der Waals surface area contributed by atoms with Gasteiger partial charge in [-0.1, -0.05) is 35.7 Å². The molecule has 1 aliphatic heterocycles. The summed E-state index contributed by atoms with van der Waals surface area (Å²) in [7, 11) is 0. The highest BCUT2D eigenvalue weighted by molar-refractivity contribution is 6.36. The average molecular weight is 330 g/mol. The standard InChI is InChI=1S/C16H21Cl2NO2/c1-2-21-15(20)11-14(19-9-4-3-5-10-19)16-12(17)7-6-8-13(16)18/h6-8,14H,2-5,9-11H2,1H3. The molecule has 116 valence electrons. The minimum absolute atomic E-state index is 0.106. The lowest BCUT2D eigenvalue weighted by Gasteiger charge is -2.35. The normalized spacial score (nSPS) is 17.5. The van der Waals surface area contributed by atoms with E-state index in [0.29, 0.717) is 16.7 Å². The number of halogens is 2. The molecule has 1 aliphatic rings. The second-order valence-electron chi connectivity index (χ2n) is 5.26. The molecule has 1 atom stereocenters. The zero-order valence-corrected chi connectivity index (χ0v) is 13.8. The molecule has 0 aliphatic carbocycles. The summed E-state index contributed by atoms with van der Waals surface area (Å²) in [6.45, 7) is 4.13. The highest BCUT2D eigenvalue weighted by Gasteiger charge is 2.28. The summed E-state index contributed by atoms with van der Waals surface area (Å²) in [5.41, 5.74) is 0.843. The van der Waals surface area contributed by atoms with Crippen molar-refractivity contribution in [3.63, 3.8) is 0 Å². The van der Waals surface area contributed by atoms with Crippen LogP contribution in [0.3, 0.4) is 0 Å². The van der Waals surface area contributed by atoms with E-state index in [1.807, 2.05) is 25.1 Å². The Morgan fingerprint density at radius 1 is 1.24 bits per heavy atom. The Labute approximate surface area is 136 Å². The number of piperidine rings is 1. The van der Waals surface area contributed by atoms with Crippen LogP contribution >= 0.6 is 23.2 Å². The molecule has 5 heteroatoms. The van der Waals surface area contributed by atoms with Crippen LogP contribution in [0.5, 0.6) is 0 Å². The van der Waals surface area contributed by atoms with E-state index < -0.39 is 0 Å². The Balaban J connectivity index is 2.28. The number of ether oxygens (including phenoxy) is 1. The van der Waals surface area contributed by atoms with Crippen molar-refractivity contribution in [2.75, 3.05) is 19.7 Å². The van der Waals surface area contributed by atoms with Gasteiger partial charge >= 0.3 is 5.97 Å². The highest BCUT2D eigenvalue weighted by Crippen LogP contribution is 2.37. The third kappa shape index (κ3) is 4.35. The summed E-state index contributed by atoms with van der Waals surface area (Å²) in [6, 6.07) is 5.37. The van der Waals surface area contributed by atoms with Gasteiger partial charge in [-0.25, -0.2) is 0 Å². The van der Waals surface area contributed by atoms with E-state index in [4.69, 9.17) is 27.9 Å². The van der Waals surface area contributed by atoms with E-state index >= 15 is 0 Å². The molecule has 1 fully saturated rings. The van der Waals surface area contributed by atoms with E-state index in [9.17, 15) is 4.79 Å². The number of hydrogen-bond donors (Lipinski definition) is 0. The van der Waals surface area contributed by atoms with Gasteiger partial charge in [-0.2, -0.15) is 0 Å². The lowest BCUT2D eigenvalue weighted by molar-refractivity contribution is -0.144. The van der Waals surface area contributed by atoms with Crippen LogP contribution in [-0.2, 0) is 9.53 Å². The van der Waals surface area contributed by atoms with Crippen LogP contribution in [0.1, 0.15) is 44.2 Å². The van der Waals surface area contributed by atoms with E-state index in [0.717, 1.165) is 31.5 Å². The fourth-order valence-electron chi connectivity index (χ4n) is 2.85. The van der Waals surface area contributed by atoms with Crippen molar-refractivity contribution in [3.8, 4) is 0 Å². The smallest absolute Gasteiger partial charge is 0.307 e. The lowest BCUT2D eigenvalue weighted by atomic mass is 9.98. The summed E-state index contributed by atoms with van der Waals surface area (Å²) in [5, 5.41) is 1.23. The molecule has 1 aromatic carbocycles. The third-order valence-corrected chi connectivity index (χ3v) is 4.49. The molecular formula is C16H21Cl2NO2. The first kappa shape index (κ1) is 16.6. The third-order valence-electron chi connectivity index (χ3n) is 3.83. The summed E-state index contributed by atoms with van der Waals surface area (Å²) in [5.74, 6) is -0.205. The van der Waals surface area contributed by atoms with Gasteiger partial charge in [0.15, 0.2) is 0 Å². The molecule has 21 heavy (non-hydrogen) atoms. The molecule has 0 aromatic heterocycles. The molecular weight excluding hydrogens is 309 g/mol. The van der Waals surface area contributed by atoms with E-state index in [2.05, 4.69) is 4.90 Å². The second-order valence-corrected chi connectivity index (χ2v) is 6.07. The maximum absolute atomic E-state index is 12.0. The van der Waals surface area contributed by atoms with Crippen LogP contribution in [0.4, 0.5) is 0 Å². The van der Waals surface area contributed by atoms with Crippen molar-refractivity contribution in [3.05, 3.63) is 33.8 Å². The molecule has 0 radical (unpaired) electrons. The van der Waals surface area contributed by atoms with Gasteiger partial charge in [-0.3, -0.25) is 9.69 Å². The van der Waals surface area contributed by atoms with Gasteiger partial charge in [0, 0.05) is 21.7 Å². The van der Waals surface area contributed by atoms with Gasteiger partial charge in [-0.05, 0) is 45.0 Å². The van der Waals surface area contributed by atoms with Crippen LogP contribution < -0.4 is 0 Å². The molecule has 0 N–H and O–H groups in total. The van der Waals surface area contributed by atoms with Crippen molar-refractivity contribution in [2.45, 2.75) is 38.6 Å². The highest BCUT2D eigenvalue weighted by atomic mass is 35.5. The first-order valence-corrected chi connectivity index (χ1v) is 8.22. The quantitative estimate of drug-likeness (QED) is 0.746. The van der Waals surface area contributed by atoms with Crippen LogP contribution in [0.15, 0.2) is 18.2 Å². The van der Waals surface area contributed by atoms with Gasteiger partial charge in [-0.15, -0.1) is 0 Å². The van der Waals surface area contributed by atoms with Gasteiger partial charge in [0.1, 0.15) is 0 Å². The summed E-state index contributed by atoms with van der Waals surface area (Å²) < 4.78 is 5.11.